The summed E-state index contributed by atoms with van der Waals surface area (Å²) < 4.78 is 17.6. The highest BCUT2D eigenvalue weighted by Crippen LogP contribution is 2.58. The molecule has 3 aliphatic rings. The van der Waals surface area contributed by atoms with Gasteiger partial charge in [0, 0.05) is 66.7 Å². The van der Waals surface area contributed by atoms with Gasteiger partial charge >= 0.3 is 0 Å². The summed E-state index contributed by atoms with van der Waals surface area (Å²) in [5.41, 5.74) is 3.50. The van der Waals surface area contributed by atoms with Gasteiger partial charge in [0.1, 0.15) is 0 Å². The van der Waals surface area contributed by atoms with Crippen LogP contribution < -0.4 is 0 Å². The number of thiophene rings is 4. The molecule has 3 aliphatic carbocycles. The highest BCUT2D eigenvalue weighted by Gasteiger charge is 2.40. The molecular formula is C39H22O4S4. The Morgan fingerprint density at radius 3 is 1.23 bits per heavy atom. The Morgan fingerprint density at radius 2 is 0.872 bits per heavy atom. The first kappa shape index (κ1) is 26.5. The molecule has 0 radical (unpaired) electrons. The Kier molecular flexibility index (Phi) is 5.74. The van der Waals surface area contributed by atoms with Gasteiger partial charge in [0.25, 0.3) is 0 Å². The third-order valence-corrected chi connectivity index (χ3v) is 13.8. The molecule has 0 saturated heterocycles. The van der Waals surface area contributed by atoms with E-state index >= 15 is 0 Å². The van der Waals surface area contributed by atoms with Crippen LogP contribution in [0.25, 0.3) is 41.4 Å². The minimum Gasteiger partial charge on any atom is -0.288 e. The van der Waals surface area contributed by atoms with Gasteiger partial charge in [-0.25, -0.2) is 0 Å². The lowest BCUT2D eigenvalue weighted by Gasteiger charge is -2.19. The molecule has 0 spiro atoms. The fraction of sp³-hybridized carbons (Fsp3) is 0.0769. The normalized spacial score (nSPS) is 16.3. The first-order chi connectivity index (χ1) is 23.5. The Hall–Kier alpha value is -4.60. The van der Waals surface area contributed by atoms with Gasteiger partial charge < -0.3 is 0 Å². The third kappa shape index (κ3) is 4.22. The summed E-state index contributed by atoms with van der Waals surface area (Å²) >= 11 is 6.22. The molecule has 6 aromatic rings. The molecule has 9 rings (SSSR count). The number of ketones is 4. The van der Waals surface area contributed by atoms with Crippen LogP contribution in [0.3, 0.4) is 0 Å². The molecule has 47 heavy (non-hydrogen) atoms. The van der Waals surface area contributed by atoms with Crippen molar-refractivity contribution in [2.45, 2.75) is 19.3 Å². The van der Waals surface area contributed by atoms with Crippen LogP contribution in [0.5, 0.6) is 0 Å². The maximum Gasteiger partial charge on any atom is 0.197 e. The molecule has 0 atom stereocenters. The topological polar surface area (TPSA) is 68.3 Å². The van der Waals surface area contributed by atoms with Crippen molar-refractivity contribution in [2.75, 3.05) is 0 Å². The number of hydrogen-bond donors (Lipinski definition) is 0. The third-order valence-electron chi connectivity index (χ3n) is 8.95. The zero-order valence-corrected chi connectivity index (χ0v) is 28.1. The second kappa shape index (κ2) is 10.2. The van der Waals surface area contributed by atoms with Gasteiger partial charge in [-0.2, -0.15) is 0 Å². The van der Waals surface area contributed by atoms with Gasteiger partial charge in [-0.15, -0.1) is 45.3 Å². The summed E-state index contributed by atoms with van der Waals surface area (Å²) in [7, 11) is 0. The second-order valence-corrected chi connectivity index (χ2v) is 16.3. The predicted octanol–water partition coefficient (Wildman–Crippen LogP) is 10.5. The Morgan fingerprint density at radius 1 is 0.511 bits per heavy atom. The van der Waals surface area contributed by atoms with Crippen LogP contribution in [0.15, 0.2) is 96.1 Å². The number of allylic oxidation sites excluding steroid dienone is 2. The number of Topliss-reactive ketones (excluding diaryl/α,β-unsaturated/α-hetero) is 4. The zero-order chi connectivity index (χ0) is 33.9. The summed E-state index contributed by atoms with van der Waals surface area (Å²) in [4.78, 5) is 59.7. The van der Waals surface area contributed by atoms with E-state index in [-0.39, 0.29) is 28.7 Å². The van der Waals surface area contributed by atoms with Crippen molar-refractivity contribution in [3.63, 3.8) is 0 Å². The van der Waals surface area contributed by atoms with E-state index in [1.165, 1.54) is 43.6 Å². The summed E-state index contributed by atoms with van der Waals surface area (Å²) in [6, 6.07) is 25.4. The van der Waals surface area contributed by atoms with Crippen molar-refractivity contribution in [3.8, 4) is 29.3 Å². The molecule has 4 heterocycles. The summed E-state index contributed by atoms with van der Waals surface area (Å²) in [5.74, 6) is -1.56. The molecular weight excluding hydrogens is 661 g/mol. The van der Waals surface area contributed by atoms with E-state index < -0.39 is 23.1 Å². The SMILES string of the molecule is [2H]C(=C1C(=O)c2ccccc2C1=O)c1ccc(-c2cc3c(s2)-c2sc(-c4ccc(C([2H])=C5C(=O)c6ccccc6C5=O)s4)cc2C3(C)C)s1. The van der Waals surface area contributed by atoms with Crippen LogP contribution in [0, 0.1) is 0 Å². The van der Waals surface area contributed by atoms with Gasteiger partial charge in [0.2, 0.25) is 0 Å². The van der Waals surface area contributed by atoms with Crippen molar-refractivity contribution in [1.29, 1.82) is 0 Å². The molecule has 0 unspecified atom stereocenters. The lowest BCUT2D eigenvalue weighted by Crippen LogP contribution is -2.13. The fourth-order valence-electron chi connectivity index (χ4n) is 6.49. The number of fused-ring (bicyclic) bond motifs is 5. The number of carbonyl (C=O) groups is 4. The average Bonchev–Trinajstić information content (AvgIpc) is 3.95. The maximum atomic E-state index is 13.0. The Labute approximate surface area is 288 Å². The standard InChI is InChI=1S/C39H22O4S4/c1-39(2)27-17-31(29-13-11-19(44-29)15-25-33(40)21-7-3-4-8-22(21)34(25)41)46-37(27)38-28(39)18-32(47-38)30-14-12-20(45-30)16-26-35(42)23-9-5-6-10-24(23)36(26)43/h3-18H,1-2H3/i15D,16D. The van der Waals surface area contributed by atoms with Crippen molar-refractivity contribution < 1.29 is 21.9 Å². The van der Waals surface area contributed by atoms with Crippen molar-refractivity contribution >= 4 is 80.6 Å². The van der Waals surface area contributed by atoms with Crippen LogP contribution >= 0.6 is 45.3 Å². The van der Waals surface area contributed by atoms with Gasteiger partial charge in [-0.3, -0.25) is 19.2 Å². The molecule has 2 aromatic carbocycles. The summed E-state index contributed by atoms with van der Waals surface area (Å²) in [5, 5.41) is 0. The molecule has 0 bridgehead atoms. The number of benzene rings is 2. The van der Waals surface area contributed by atoms with E-state index in [1.54, 1.807) is 71.2 Å². The van der Waals surface area contributed by atoms with Crippen molar-refractivity contribution in [1.82, 2.24) is 0 Å². The first-order valence-electron chi connectivity index (χ1n) is 15.8. The minimum atomic E-state index is -0.391. The molecule has 0 amide bonds. The molecule has 4 nitrogen and oxygen atoms in total. The van der Waals surface area contributed by atoms with E-state index in [9.17, 15) is 19.2 Å². The summed E-state index contributed by atoms with van der Waals surface area (Å²) in [6.07, 6.45) is 0. The molecule has 4 aromatic heterocycles. The number of hydrogen-bond acceptors (Lipinski definition) is 8. The number of carbonyl (C=O) groups excluding carboxylic acids is 4. The van der Waals surface area contributed by atoms with E-state index in [0.29, 0.717) is 32.0 Å². The van der Waals surface area contributed by atoms with Gasteiger partial charge in [-0.05, 0) is 59.6 Å². The van der Waals surface area contributed by atoms with Crippen molar-refractivity contribution in [2.24, 2.45) is 0 Å². The second-order valence-electron chi connectivity index (χ2n) is 12.1. The summed E-state index contributed by atoms with van der Waals surface area (Å²) in [6.45, 7) is 4.43. The predicted molar refractivity (Wildman–Crippen MR) is 193 cm³/mol. The maximum absolute atomic E-state index is 13.0. The van der Waals surface area contributed by atoms with Gasteiger partial charge in [-0.1, -0.05) is 62.4 Å². The lowest BCUT2D eigenvalue weighted by molar-refractivity contribution is 0.0975. The molecule has 0 fully saturated rings. The number of rotatable bonds is 4. The lowest BCUT2D eigenvalue weighted by atomic mass is 9.84. The van der Waals surface area contributed by atoms with Crippen LogP contribution in [0.4, 0.5) is 0 Å². The largest absolute Gasteiger partial charge is 0.288 e. The van der Waals surface area contributed by atoms with Crippen LogP contribution in [0.2, 0.25) is 0 Å². The first-order valence-corrected chi connectivity index (χ1v) is 18.1. The zero-order valence-electron chi connectivity index (χ0n) is 26.8. The van der Waals surface area contributed by atoms with Gasteiger partial charge in [0.15, 0.2) is 23.1 Å². The molecule has 0 N–H and O–H groups in total. The smallest absolute Gasteiger partial charge is 0.197 e. The van der Waals surface area contributed by atoms with Crippen LogP contribution in [-0.4, -0.2) is 23.1 Å². The van der Waals surface area contributed by atoms with E-state index in [4.69, 9.17) is 2.74 Å². The Bertz CT molecular complexity index is 2330. The molecule has 8 heteroatoms. The minimum absolute atomic E-state index is 0.0370. The van der Waals surface area contributed by atoms with Crippen LogP contribution in [0.1, 0.15) is 78.9 Å². The highest BCUT2D eigenvalue weighted by atomic mass is 32.1. The monoisotopic (exact) mass is 684 g/mol. The van der Waals surface area contributed by atoms with Crippen molar-refractivity contribution in [3.05, 3.63) is 139 Å². The van der Waals surface area contributed by atoms with Crippen LogP contribution in [-0.2, 0) is 5.41 Å². The molecule has 0 saturated carbocycles. The Balaban J connectivity index is 1.03. The molecule has 226 valence electrons. The molecule has 0 aliphatic heterocycles. The fourth-order valence-corrected chi connectivity index (χ4v) is 11.3. The quantitative estimate of drug-likeness (QED) is 0.137. The van der Waals surface area contributed by atoms with E-state index in [0.717, 1.165) is 19.5 Å². The average molecular weight is 685 g/mol. The van der Waals surface area contributed by atoms with E-state index in [2.05, 4.69) is 26.0 Å². The van der Waals surface area contributed by atoms with Gasteiger partial charge in [0.05, 0.1) is 13.9 Å². The van der Waals surface area contributed by atoms with E-state index in [1.807, 2.05) is 24.3 Å². The highest BCUT2D eigenvalue weighted by molar-refractivity contribution is 7.29.